The highest BCUT2D eigenvalue weighted by Crippen LogP contribution is 2.25. The van der Waals surface area contributed by atoms with Crippen LogP contribution in [0.5, 0.6) is 5.75 Å². The fraction of sp³-hybridized carbons (Fsp3) is 0.385. The first-order valence-electron chi connectivity index (χ1n) is 6.14. The van der Waals surface area contributed by atoms with Crippen LogP contribution in [0, 0.1) is 6.92 Å². The number of aromatic nitrogens is 3. The summed E-state index contributed by atoms with van der Waals surface area (Å²) in [6, 6.07) is 5.46. The molecule has 18 heavy (non-hydrogen) atoms. The third-order valence-electron chi connectivity index (χ3n) is 2.86. The second kappa shape index (κ2) is 5.08. The quantitative estimate of drug-likeness (QED) is 0.869. The number of nitrogens with one attached hydrogen (secondary N) is 1. The van der Waals surface area contributed by atoms with E-state index in [4.69, 9.17) is 0 Å². The van der Waals surface area contributed by atoms with Gasteiger partial charge in [-0.25, -0.2) is 0 Å². The molecule has 1 heterocycles. The lowest BCUT2D eigenvalue weighted by atomic mass is 10.1. The van der Waals surface area contributed by atoms with Gasteiger partial charge in [-0.2, -0.15) is 0 Å². The molecule has 2 rings (SSSR count). The predicted molar refractivity (Wildman–Crippen MR) is 71.7 cm³/mol. The van der Waals surface area contributed by atoms with Crippen LogP contribution in [0.15, 0.2) is 18.2 Å². The maximum Gasteiger partial charge on any atom is 0.224 e. The second-order valence-corrected chi connectivity index (χ2v) is 4.12. The van der Waals surface area contributed by atoms with Gasteiger partial charge in [-0.05, 0) is 44.5 Å². The van der Waals surface area contributed by atoms with Gasteiger partial charge in [-0.3, -0.25) is 4.57 Å². The molecular weight excluding hydrogens is 228 g/mol. The van der Waals surface area contributed by atoms with E-state index in [1.165, 1.54) is 0 Å². The Morgan fingerprint density at radius 3 is 2.67 bits per heavy atom. The fourth-order valence-electron chi connectivity index (χ4n) is 1.90. The van der Waals surface area contributed by atoms with E-state index in [1.54, 1.807) is 6.07 Å². The Hall–Kier alpha value is -2.04. The molecule has 1 aromatic heterocycles. The number of nitrogens with zero attached hydrogens (tertiary/aromatic N) is 3. The molecule has 5 heteroatoms. The minimum Gasteiger partial charge on any atom is -0.508 e. The van der Waals surface area contributed by atoms with Gasteiger partial charge in [0.1, 0.15) is 5.75 Å². The SMILES string of the molecule is CCNc1nnc(-c2ccc(O)c(C)c2)n1CC. The van der Waals surface area contributed by atoms with E-state index in [0.717, 1.165) is 36.0 Å². The van der Waals surface area contributed by atoms with Crippen LogP contribution in [0.3, 0.4) is 0 Å². The van der Waals surface area contributed by atoms with E-state index in [-0.39, 0.29) is 0 Å². The van der Waals surface area contributed by atoms with Gasteiger partial charge in [0.2, 0.25) is 5.95 Å². The molecule has 0 atom stereocenters. The van der Waals surface area contributed by atoms with E-state index in [2.05, 4.69) is 22.4 Å². The number of anilines is 1. The Labute approximate surface area is 106 Å². The number of phenols is 1. The molecule has 0 aliphatic carbocycles. The number of benzene rings is 1. The van der Waals surface area contributed by atoms with E-state index < -0.39 is 0 Å². The highest BCUT2D eigenvalue weighted by molar-refractivity contribution is 5.60. The monoisotopic (exact) mass is 246 g/mol. The fourth-order valence-corrected chi connectivity index (χ4v) is 1.90. The molecular formula is C13H18N4O. The summed E-state index contributed by atoms with van der Waals surface area (Å²) >= 11 is 0. The maximum atomic E-state index is 9.55. The van der Waals surface area contributed by atoms with Crippen LogP contribution in [0.4, 0.5) is 5.95 Å². The first-order chi connectivity index (χ1) is 8.67. The van der Waals surface area contributed by atoms with Crippen molar-refractivity contribution in [2.24, 2.45) is 0 Å². The Morgan fingerprint density at radius 1 is 1.28 bits per heavy atom. The second-order valence-electron chi connectivity index (χ2n) is 4.12. The first-order valence-corrected chi connectivity index (χ1v) is 6.14. The molecule has 1 aromatic carbocycles. The highest BCUT2D eigenvalue weighted by Gasteiger charge is 2.12. The van der Waals surface area contributed by atoms with Crippen LogP contribution in [0.25, 0.3) is 11.4 Å². The van der Waals surface area contributed by atoms with Gasteiger partial charge < -0.3 is 10.4 Å². The standard InChI is InChI=1S/C13H18N4O/c1-4-14-13-16-15-12(17(13)5-2)10-6-7-11(18)9(3)8-10/h6-8,18H,4-5H2,1-3H3,(H,14,16). The van der Waals surface area contributed by atoms with Gasteiger partial charge in [-0.1, -0.05) is 0 Å². The molecule has 0 aliphatic rings. The third kappa shape index (κ3) is 2.16. The molecule has 0 fully saturated rings. The topological polar surface area (TPSA) is 63.0 Å². The summed E-state index contributed by atoms with van der Waals surface area (Å²) < 4.78 is 2.02. The number of hydrogen-bond acceptors (Lipinski definition) is 4. The van der Waals surface area contributed by atoms with Crippen molar-refractivity contribution >= 4 is 5.95 Å². The van der Waals surface area contributed by atoms with Gasteiger partial charge in [0, 0.05) is 18.7 Å². The molecule has 0 aliphatic heterocycles. The van der Waals surface area contributed by atoms with Crippen LogP contribution >= 0.6 is 0 Å². The summed E-state index contributed by atoms with van der Waals surface area (Å²) in [5.41, 5.74) is 1.80. The van der Waals surface area contributed by atoms with Crippen LogP contribution in [0.2, 0.25) is 0 Å². The smallest absolute Gasteiger partial charge is 0.224 e. The predicted octanol–water partition coefficient (Wildman–Crippen LogP) is 2.41. The molecule has 0 spiro atoms. The molecule has 0 amide bonds. The van der Waals surface area contributed by atoms with Gasteiger partial charge in [0.25, 0.3) is 0 Å². The lowest BCUT2D eigenvalue weighted by molar-refractivity contribution is 0.471. The number of hydrogen-bond donors (Lipinski definition) is 2. The Morgan fingerprint density at radius 2 is 2.06 bits per heavy atom. The van der Waals surface area contributed by atoms with Crippen LogP contribution in [-0.2, 0) is 6.54 Å². The van der Waals surface area contributed by atoms with E-state index in [0.29, 0.717) is 5.75 Å². The van der Waals surface area contributed by atoms with Crippen LogP contribution in [-0.4, -0.2) is 26.4 Å². The summed E-state index contributed by atoms with van der Waals surface area (Å²) in [6.07, 6.45) is 0. The number of aromatic hydroxyl groups is 1. The lowest BCUT2D eigenvalue weighted by Crippen LogP contribution is -2.06. The molecule has 0 radical (unpaired) electrons. The lowest BCUT2D eigenvalue weighted by Gasteiger charge is -2.08. The molecule has 0 unspecified atom stereocenters. The van der Waals surface area contributed by atoms with Crippen molar-refractivity contribution in [3.8, 4) is 17.1 Å². The maximum absolute atomic E-state index is 9.55. The highest BCUT2D eigenvalue weighted by atomic mass is 16.3. The largest absolute Gasteiger partial charge is 0.508 e. The first kappa shape index (κ1) is 12.4. The van der Waals surface area contributed by atoms with Crippen LogP contribution in [0.1, 0.15) is 19.4 Å². The Balaban J connectivity index is 2.46. The molecule has 0 saturated carbocycles. The van der Waals surface area contributed by atoms with Crippen LogP contribution < -0.4 is 5.32 Å². The zero-order valence-corrected chi connectivity index (χ0v) is 10.9. The van der Waals surface area contributed by atoms with Crippen molar-refractivity contribution in [2.75, 3.05) is 11.9 Å². The summed E-state index contributed by atoms with van der Waals surface area (Å²) in [7, 11) is 0. The van der Waals surface area contributed by atoms with Crippen molar-refractivity contribution in [3.05, 3.63) is 23.8 Å². The van der Waals surface area contributed by atoms with Crippen molar-refractivity contribution in [2.45, 2.75) is 27.3 Å². The Kier molecular flexibility index (Phi) is 3.50. The van der Waals surface area contributed by atoms with Gasteiger partial charge in [0.15, 0.2) is 5.82 Å². The molecule has 5 nitrogen and oxygen atoms in total. The van der Waals surface area contributed by atoms with Gasteiger partial charge in [-0.15, -0.1) is 10.2 Å². The molecule has 0 saturated heterocycles. The normalized spacial score (nSPS) is 10.6. The summed E-state index contributed by atoms with van der Waals surface area (Å²) in [5, 5.41) is 21.1. The minimum absolute atomic E-state index is 0.299. The van der Waals surface area contributed by atoms with Gasteiger partial charge in [0.05, 0.1) is 0 Å². The minimum atomic E-state index is 0.299. The molecule has 96 valence electrons. The summed E-state index contributed by atoms with van der Waals surface area (Å²) in [4.78, 5) is 0. The molecule has 0 bridgehead atoms. The van der Waals surface area contributed by atoms with E-state index in [1.807, 2.05) is 30.5 Å². The van der Waals surface area contributed by atoms with E-state index in [9.17, 15) is 5.11 Å². The number of rotatable bonds is 4. The molecule has 2 aromatic rings. The van der Waals surface area contributed by atoms with Crippen molar-refractivity contribution in [3.63, 3.8) is 0 Å². The van der Waals surface area contributed by atoms with Crippen molar-refractivity contribution in [1.82, 2.24) is 14.8 Å². The average molecular weight is 246 g/mol. The number of phenolic OH excluding ortho intramolecular Hbond substituents is 1. The summed E-state index contributed by atoms with van der Waals surface area (Å²) in [6.45, 7) is 7.56. The zero-order valence-electron chi connectivity index (χ0n) is 10.9. The molecule has 2 N–H and O–H groups in total. The average Bonchev–Trinajstić information content (AvgIpc) is 2.76. The van der Waals surface area contributed by atoms with E-state index >= 15 is 0 Å². The number of aryl methyl sites for hydroxylation is 1. The van der Waals surface area contributed by atoms with Crippen molar-refractivity contribution in [1.29, 1.82) is 0 Å². The summed E-state index contributed by atoms with van der Waals surface area (Å²) in [5.74, 6) is 1.89. The van der Waals surface area contributed by atoms with Crippen molar-refractivity contribution < 1.29 is 5.11 Å². The zero-order chi connectivity index (χ0) is 13.1. The van der Waals surface area contributed by atoms with Gasteiger partial charge >= 0.3 is 0 Å². The third-order valence-corrected chi connectivity index (χ3v) is 2.86. The Bertz CT molecular complexity index is 548.